The molecule has 0 bridgehead atoms. The molecule has 0 radical (unpaired) electrons. The Morgan fingerprint density at radius 3 is 1.37 bits per heavy atom. The second kappa shape index (κ2) is 23.1. The molecule has 0 spiro atoms. The van der Waals surface area contributed by atoms with Gasteiger partial charge in [-0.3, -0.25) is 14.6 Å². The van der Waals surface area contributed by atoms with Gasteiger partial charge in [-0.1, -0.05) is 11.6 Å². The van der Waals surface area contributed by atoms with Crippen molar-refractivity contribution in [3.05, 3.63) is 58.1 Å². The van der Waals surface area contributed by atoms with Crippen molar-refractivity contribution in [1.29, 1.82) is 0 Å². The fraction of sp³-hybridized carbons (Fsp3) is 0.552. The van der Waals surface area contributed by atoms with Gasteiger partial charge in [0.25, 0.3) is 5.91 Å². The van der Waals surface area contributed by atoms with Crippen molar-refractivity contribution in [3.63, 3.8) is 0 Å². The van der Waals surface area contributed by atoms with Gasteiger partial charge in [-0.2, -0.15) is 26.3 Å². The van der Waals surface area contributed by atoms with Crippen molar-refractivity contribution in [3.8, 4) is 5.75 Å². The van der Waals surface area contributed by atoms with Crippen LogP contribution in [0, 0.1) is 11.8 Å². The number of halogens is 7. The van der Waals surface area contributed by atoms with Crippen molar-refractivity contribution >= 4 is 31.0 Å². The third kappa shape index (κ3) is 20.1. The predicted octanol–water partition coefficient (Wildman–Crippen LogP) is 4.60. The number of carbonyl (C=O) groups is 1. The molecule has 2 rings (SSSR count). The summed E-state index contributed by atoms with van der Waals surface area (Å²) in [4.78, 5) is 30.1. The maximum atomic E-state index is 12.9. The summed E-state index contributed by atoms with van der Waals surface area (Å²) in [6.07, 6.45) is -6.18. The summed E-state index contributed by atoms with van der Waals surface area (Å²) < 4.78 is 92.6. The predicted molar refractivity (Wildman–Crippen MR) is 166 cm³/mol. The van der Waals surface area contributed by atoms with Crippen LogP contribution in [0.15, 0.2) is 36.4 Å². The standard InChI is InChI=1S/C15H9ClF6NO5P.2C7H16O3/c16-9-1-2-12(28-29(25,26)27)11(6-9)13(24)23-10-4-7(14(17,18)19)3-8(5-10)15(20,21)22;2*8-4-1-7(2-5-9)3-6-10/h1-6H,(H,23,24)(H2,25,26,27);2*7-10H,1-6H2. The van der Waals surface area contributed by atoms with Gasteiger partial charge in [-0.15, -0.1) is 0 Å². The number of carbonyl (C=O) groups excluding carboxylic acids is 1. The molecule has 12 nitrogen and oxygen atoms in total. The fourth-order valence-corrected chi connectivity index (χ4v) is 4.66. The Bertz CT molecular complexity index is 1220. The molecule has 20 heteroatoms. The number of hydrogen-bond acceptors (Lipinski definition) is 9. The molecule has 282 valence electrons. The van der Waals surface area contributed by atoms with Gasteiger partial charge in [-0.05, 0) is 86.8 Å². The number of anilines is 1. The van der Waals surface area contributed by atoms with Gasteiger partial charge >= 0.3 is 20.2 Å². The van der Waals surface area contributed by atoms with E-state index in [0.717, 1.165) is 18.2 Å². The topological polar surface area (TPSA) is 217 Å². The number of benzene rings is 2. The average molecular weight is 760 g/mol. The number of alkyl halides is 6. The van der Waals surface area contributed by atoms with Crippen LogP contribution >= 0.6 is 19.4 Å². The van der Waals surface area contributed by atoms with Gasteiger partial charge in [0.2, 0.25) is 0 Å². The molecule has 0 aliphatic carbocycles. The molecule has 0 saturated carbocycles. The van der Waals surface area contributed by atoms with Gasteiger partial charge in [-0.25, -0.2) is 4.57 Å². The highest BCUT2D eigenvalue weighted by atomic mass is 35.5. The summed E-state index contributed by atoms with van der Waals surface area (Å²) in [6, 6.07) is 3.25. The second-order valence-corrected chi connectivity index (χ2v) is 11.9. The zero-order valence-electron chi connectivity index (χ0n) is 26.0. The van der Waals surface area contributed by atoms with Crippen LogP contribution in [0.4, 0.5) is 32.0 Å². The number of aliphatic hydroxyl groups excluding tert-OH is 6. The lowest BCUT2D eigenvalue weighted by Crippen LogP contribution is -2.16. The van der Waals surface area contributed by atoms with Crippen LogP contribution < -0.4 is 9.84 Å². The van der Waals surface area contributed by atoms with Gasteiger partial charge in [0.05, 0.1) is 16.7 Å². The lowest BCUT2D eigenvalue weighted by Gasteiger charge is -2.16. The molecule has 2 aromatic rings. The summed E-state index contributed by atoms with van der Waals surface area (Å²) >= 11 is 5.68. The van der Waals surface area contributed by atoms with Crippen LogP contribution in [0.1, 0.15) is 60.0 Å². The van der Waals surface area contributed by atoms with E-state index in [1.165, 1.54) is 0 Å². The smallest absolute Gasteiger partial charge is 0.403 e. The minimum Gasteiger partial charge on any atom is -0.403 e. The molecule has 2 aromatic carbocycles. The summed E-state index contributed by atoms with van der Waals surface area (Å²) in [5.41, 5.74) is -4.83. The van der Waals surface area contributed by atoms with E-state index in [1.807, 2.05) is 0 Å². The molecule has 9 N–H and O–H groups in total. The second-order valence-electron chi connectivity index (χ2n) is 10.3. The normalized spacial score (nSPS) is 11.9. The fourth-order valence-electron chi connectivity index (χ4n) is 4.07. The van der Waals surface area contributed by atoms with E-state index >= 15 is 0 Å². The Morgan fingerprint density at radius 2 is 1.06 bits per heavy atom. The molecule has 0 atom stereocenters. The SMILES string of the molecule is O=C(Nc1cc(C(F)(F)F)cc(C(F)(F)F)c1)c1cc(Cl)ccc1OP(=O)(O)O.OCCC(CCO)CCO.OCCC(CCO)CCO. The van der Waals surface area contributed by atoms with E-state index in [0.29, 0.717) is 38.5 Å². The lowest BCUT2D eigenvalue weighted by atomic mass is 9.99. The molecule has 0 saturated heterocycles. The molecular weight excluding hydrogens is 719 g/mol. The van der Waals surface area contributed by atoms with E-state index in [2.05, 4.69) is 4.52 Å². The van der Waals surface area contributed by atoms with Gasteiger partial charge in [0.15, 0.2) is 0 Å². The highest BCUT2D eigenvalue weighted by Crippen LogP contribution is 2.41. The van der Waals surface area contributed by atoms with E-state index in [1.54, 1.807) is 5.32 Å². The molecule has 0 aliphatic rings. The minimum atomic E-state index is -5.13. The van der Waals surface area contributed by atoms with Crippen LogP contribution in [-0.4, -0.2) is 86.0 Å². The summed E-state index contributed by atoms with van der Waals surface area (Å²) in [5, 5.41) is 52.8. The van der Waals surface area contributed by atoms with Crippen molar-refractivity contribution in [2.75, 3.05) is 45.0 Å². The average Bonchev–Trinajstić information content (AvgIpc) is 2.98. The molecule has 0 heterocycles. The molecule has 0 fully saturated rings. The highest BCUT2D eigenvalue weighted by molar-refractivity contribution is 7.46. The largest absolute Gasteiger partial charge is 0.524 e. The molecule has 1 amide bonds. The van der Waals surface area contributed by atoms with Crippen molar-refractivity contribution in [2.45, 2.75) is 50.9 Å². The van der Waals surface area contributed by atoms with E-state index < -0.39 is 54.2 Å². The number of phosphoric ester groups is 1. The van der Waals surface area contributed by atoms with Crippen LogP contribution in [0.2, 0.25) is 5.02 Å². The first-order chi connectivity index (χ1) is 22.8. The zero-order valence-corrected chi connectivity index (χ0v) is 27.6. The van der Waals surface area contributed by atoms with Crippen LogP contribution in [0.3, 0.4) is 0 Å². The molecule has 0 aromatic heterocycles. The van der Waals surface area contributed by atoms with Crippen molar-refractivity contribution in [1.82, 2.24) is 0 Å². The Hall–Kier alpha value is -2.51. The monoisotopic (exact) mass is 759 g/mol. The Morgan fingerprint density at radius 1 is 0.694 bits per heavy atom. The molecule has 49 heavy (non-hydrogen) atoms. The maximum absolute atomic E-state index is 12.9. The lowest BCUT2D eigenvalue weighted by molar-refractivity contribution is -0.143. The quantitative estimate of drug-likeness (QED) is 0.0851. The number of phosphoric acid groups is 1. The zero-order chi connectivity index (χ0) is 37.8. The van der Waals surface area contributed by atoms with E-state index in [-0.39, 0.29) is 74.7 Å². The van der Waals surface area contributed by atoms with Crippen molar-refractivity contribution < 1.29 is 80.7 Å². The summed E-state index contributed by atoms with van der Waals surface area (Å²) in [5.74, 6) is -1.45. The highest BCUT2D eigenvalue weighted by Gasteiger charge is 2.37. The number of rotatable bonds is 16. The van der Waals surface area contributed by atoms with Crippen LogP contribution in [0.25, 0.3) is 0 Å². The number of aliphatic hydroxyl groups is 6. The summed E-state index contributed by atoms with van der Waals surface area (Å²) in [7, 11) is -5.13. The minimum absolute atomic E-state index is 0.117. The first kappa shape index (κ1) is 46.5. The molecule has 0 unspecified atom stereocenters. The van der Waals surface area contributed by atoms with Gasteiger partial charge in [0.1, 0.15) is 5.75 Å². The third-order valence-electron chi connectivity index (χ3n) is 6.47. The van der Waals surface area contributed by atoms with Gasteiger partial charge in [0, 0.05) is 50.4 Å². The Labute approximate surface area is 283 Å². The number of nitrogens with one attached hydrogen (secondary N) is 1. The molecular formula is C29H41ClF6NO11P. The number of amides is 1. The number of hydrogen-bond donors (Lipinski definition) is 9. The summed E-state index contributed by atoms with van der Waals surface area (Å²) in [6.45, 7) is 0.861. The van der Waals surface area contributed by atoms with Crippen molar-refractivity contribution in [2.24, 2.45) is 11.8 Å². The Kier molecular flexibility index (Phi) is 21.9. The van der Waals surface area contributed by atoms with E-state index in [4.69, 9.17) is 52.0 Å². The first-order valence-corrected chi connectivity index (χ1v) is 16.5. The third-order valence-corrected chi connectivity index (χ3v) is 7.14. The van der Waals surface area contributed by atoms with Crippen LogP contribution in [-0.2, 0) is 16.9 Å². The maximum Gasteiger partial charge on any atom is 0.524 e. The van der Waals surface area contributed by atoms with Crippen LogP contribution in [0.5, 0.6) is 5.75 Å². The van der Waals surface area contributed by atoms with E-state index in [9.17, 15) is 35.7 Å². The van der Waals surface area contributed by atoms with Gasteiger partial charge < -0.3 is 40.5 Å². The molecule has 0 aliphatic heterocycles. The Balaban J connectivity index is 0.000000942. The first-order valence-electron chi connectivity index (χ1n) is 14.6.